The van der Waals surface area contributed by atoms with Crippen molar-refractivity contribution in [3.8, 4) is 0 Å². The van der Waals surface area contributed by atoms with Crippen molar-refractivity contribution in [2.75, 3.05) is 13.1 Å². The topological polar surface area (TPSA) is 53.4 Å². The van der Waals surface area contributed by atoms with E-state index < -0.39 is 5.97 Å². The second kappa shape index (κ2) is 7.23. The first kappa shape index (κ1) is 16.1. The summed E-state index contributed by atoms with van der Waals surface area (Å²) < 4.78 is 1.06. The first-order valence-electron chi connectivity index (χ1n) is 7.78. The molecule has 0 spiro atoms. The molecule has 1 aromatic carbocycles. The number of aliphatic carboxylic acids is 1. The molecule has 120 valence electrons. The minimum Gasteiger partial charge on any atom is -0.481 e. The summed E-state index contributed by atoms with van der Waals surface area (Å²) in [6, 6.07) is 12.3. The van der Waals surface area contributed by atoms with Crippen LogP contribution >= 0.6 is 15.9 Å². The summed E-state index contributed by atoms with van der Waals surface area (Å²) in [6.07, 6.45) is 5.05. The highest BCUT2D eigenvalue weighted by atomic mass is 79.9. The molecule has 1 aliphatic rings. The highest BCUT2D eigenvalue weighted by Gasteiger charge is 2.30. The summed E-state index contributed by atoms with van der Waals surface area (Å²) >= 11 is 3.65. The van der Waals surface area contributed by atoms with E-state index in [0.717, 1.165) is 23.1 Å². The zero-order valence-corrected chi connectivity index (χ0v) is 14.3. The Kier molecular flexibility index (Phi) is 5.08. The number of aromatic nitrogens is 1. The molecule has 1 aromatic heterocycles. The Morgan fingerprint density at radius 2 is 1.96 bits per heavy atom. The third-order valence-corrected chi connectivity index (χ3v) is 5.17. The van der Waals surface area contributed by atoms with Crippen LogP contribution in [-0.2, 0) is 4.79 Å². The van der Waals surface area contributed by atoms with E-state index in [9.17, 15) is 9.90 Å². The van der Waals surface area contributed by atoms with Crippen LogP contribution in [0.15, 0.2) is 53.3 Å². The molecule has 4 nitrogen and oxygen atoms in total. The first-order valence-corrected chi connectivity index (χ1v) is 8.57. The summed E-state index contributed by atoms with van der Waals surface area (Å²) in [7, 11) is 0. The van der Waals surface area contributed by atoms with E-state index in [1.54, 1.807) is 6.20 Å². The molecule has 5 heteroatoms. The molecule has 0 radical (unpaired) electrons. The number of nitrogens with zero attached hydrogens (tertiary/aromatic N) is 2. The molecule has 1 unspecified atom stereocenters. The van der Waals surface area contributed by atoms with Crippen LogP contribution in [0.1, 0.15) is 30.0 Å². The number of likely N-dealkylation sites (tertiary alicyclic amines) is 1. The van der Waals surface area contributed by atoms with Crippen LogP contribution < -0.4 is 0 Å². The van der Waals surface area contributed by atoms with Gasteiger partial charge in [-0.25, -0.2) is 0 Å². The average Bonchev–Trinajstić information content (AvgIpc) is 2.58. The van der Waals surface area contributed by atoms with Gasteiger partial charge in [0.05, 0.1) is 12.0 Å². The van der Waals surface area contributed by atoms with Gasteiger partial charge >= 0.3 is 5.97 Å². The van der Waals surface area contributed by atoms with Gasteiger partial charge in [-0.05, 0) is 49.2 Å². The minimum atomic E-state index is -0.677. The van der Waals surface area contributed by atoms with Crippen molar-refractivity contribution in [3.63, 3.8) is 0 Å². The number of rotatable bonds is 4. The van der Waals surface area contributed by atoms with E-state index in [2.05, 4.69) is 37.9 Å². The van der Waals surface area contributed by atoms with Gasteiger partial charge < -0.3 is 5.11 Å². The number of carboxylic acid groups (broad SMARTS) is 1. The Hall–Kier alpha value is -1.72. The van der Waals surface area contributed by atoms with Gasteiger partial charge in [0.25, 0.3) is 0 Å². The fraction of sp³-hybridized carbons (Fsp3) is 0.333. The fourth-order valence-corrected chi connectivity index (χ4v) is 3.73. The lowest BCUT2D eigenvalue weighted by Crippen LogP contribution is -2.39. The lowest BCUT2D eigenvalue weighted by Gasteiger charge is -2.37. The number of halogens is 1. The number of benzene rings is 1. The Bertz CT molecular complexity index is 670. The van der Waals surface area contributed by atoms with Gasteiger partial charge in [0, 0.05) is 16.9 Å². The van der Waals surface area contributed by atoms with Crippen LogP contribution in [-0.4, -0.2) is 34.0 Å². The molecule has 1 aliphatic heterocycles. The van der Waals surface area contributed by atoms with Crippen LogP contribution in [0.2, 0.25) is 0 Å². The molecule has 1 saturated heterocycles. The number of hydrogen-bond acceptors (Lipinski definition) is 3. The predicted octanol–water partition coefficient (Wildman–Crippen LogP) is 3.73. The lowest BCUT2D eigenvalue weighted by molar-refractivity contribution is -0.143. The van der Waals surface area contributed by atoms with Crippen molar-refractivity contribution < 1.29 is 9.90 Å². The SMILES string of the molecule is O=C(O)C1CCN(C(c2cccnc2)c2ccccc2Br)CC1. The number of pyridine rings is 1. The van der Waals surface area contributed by atoms with Gasteiger partial charge in [0.15, 0.2) is 0 Å². The second-order valence-electron chi connectivity index (χ2n) is 5.86. The van der Waals surface area contributed by atoms with Gasteiger partial charge in [0.2, 0.25) is 0 Å². The summed E-state index contributed by atoms with van der Waals surface area (Å²) in [6.45, 7) is 1.55. The monoisotopic (exact) mass is 374 g/mol. The molecular formula is C18H19BrN2O2. The molecule has 0 aliphatic carbocycles. The number of piperidine rings is 1. The Labute approximate surface area is 144 Å². The summed E-state index contributed by atoms with van der Waals surface area (Å²) in [5.74, 6) is -0.900. The molecule has 0 amide bonds. The molecule has 23 heavy (non-hydrogen) atoms. The van der Waals surface area contributed by atoms with Crippen molar-refractivity contribution in [2.24, 2.45) is 5.92 Å². The van der Waals surface area contributed by atoms with Crippen LogP contribution in [0.5, 0.6) is 0 Å². The Morgan fingerprint density at radius 1 is 1.22 bits per heavy atom. The molecule has 1 N–H and O–H groups in total. The maximum Gasteiger partial charge on any atom is 0.306 e. The minimum absolute atomic E-state index is 0.0917. The number of carbonyl (C=O) groups is 1. The third kappa shape index (κ3) is 3.62. The van der Waals surface area contributed by atoms with E-state index in [4.69, 9.17) is 0 Å². The summed E-state index contributed by atoms with van der Waals surface area (Å²) in [5, 5.41) is 9.21. The van der Waals surface area contributed by atoms with Crippen molar-refractivity contribution in [1.82, 2.24) is 9.88 Å². The number of carboxylic acids is 1. The zero-order valence-electron chi connectivity index (χ0n) is 12.7. The van der Waals surface area contributed by atoms with E-state index >= 15 is 0 Å². The molecule has 2 heterocycles. The highest BCUT2D eigenvalue weighted by molar-refractivity contribution is 9.10. The largest absolute Gasteiger partial charge is 0.481 e. The summed E-state index contributed by atoms with van der Waals surface area (Å²) in [4.78, 5) is 17.8. The van der Waals surface area contributed by atoms with Gasteiger partial charge in [-0.3, -0.25) is 14.7 Å². The van der Waals surface area contributed by atoms with Crippen molar-refractivity contribution >= 4 is 21.9 Å². The second-order valence-corrected chi connectivity index (χ2v) is 6.71. The standard InChI is InChI=1S/C18H19BrN2O2/c19-16-6-2-1-5-15(16)17(14-4-3-9-20-12-14)21-10-7-13(8-11-21)18(22)23/h1-6,9,12-13,17H,7-8,10-11H2,(H,22,23). The zero-order chi connectivity index (χ0) is 16.2. The molecule has 2 aromatic rings. The van der Waals surface area contributed by atoms with Crippen molar-refractivity contribution in [1.29, 1.82) is 0 Å². The molecule has 0 saturated carbocycles. The molecule has 3 rings (SSSR count). The Morgan fingerprint density at radius 3 is 2.57 bits per heavy atom. The van der Waals surface area contributed by atoms with Gasteiger partial charge in [0.1, 0.15) is 0 Å². The smallest absolute Gasteiger partial charge is 0.306 e. The van der Waals surface area contributed by atoms with Gasteiger partial charge in [-0.2, -0.15) is 0 Å². The average molecular weight is 375 g/mol. The molecule has 1 fully saturated rings. The predicted molar refractivity (Wildman–Crippen MR) is 92.2 cm³/mol. The van der Waals surface area contributed by atoms with E-state index in [-0.39, 0.29) is 12.0 Å². The number of hydrogen-bond donors (Lipinski definition) is 1. The highest BCUT2D eigenvalue weighted by Crippen LogP contribution is 2.35. The van der Waals surface area contributed by atoms with Crippen molar-refractivity contribution in [3.05, 3.63) is 64.4 Å². The molecular weight excluding hydrogens is 356 g/mol. The van der Waals surface area contributed by atoms with Crippen molar-refractivity contribution in [2.45, 2.75) is 18.9 Å². The van der Waals surface area contributed by atoms with Gasteiger partial charge in [-0.1, -0.05) is 40.2 Å². The van der Waals surface area contributed by atoms with Crippen LogP contribution in [0, 0.1) is 5.92 Å². The van der Waals surface area contributed by atoms with Crippen LogP contribution in [0.4, 0.5) is 0 Å². The first-order chi connectivity index (χ1) is 11.2. The fourth-order valence-electron chi connectivity index (χ4n) is 3.23. The normalized spacial score (nSPS) is 17.8. The van der Waals surface area contributed by atoms with Crippen LogP contribution in [0.25, 0.3) is 0 Å². The maximum atomic E-state index is 11.2. The lowest BCUT2D eigenvalue weighted by atomic mass is 9.92. The quantitative estimate of drug-likeness (QED) is 0.885. The third-order valence-electron chi connectivity index (χ3n) is 4.44. The van der Waals surface area contributed by atoms with E-state index in [1.165, 1.54) is 5.56 Å². The van der Waals surface area contributed by atoms with Gasteiger partial charge in [-0.15, -0.1) is 0 Å². The van der Waals surface area contributed by atoms with Crippen LogP contribution in [0.3, 0.4) is 0 Å². The van der Waals surface area contributed by atoms with E-state index in [1.807, 2.05) is 30.5 Å². The summed E-state index contributed by atoms with van der Waals surface area (Å²) in [5.41, 5.74) is 2.32. The van der Waals surface area contributed by atoms with E-state index in [0.29, 0.717) is 12.8 Å². The Balaban J connectivity index is 1.91. The molecule has 1 atom stereocenters. The molecule has 0 bridgehead atoms. The maximum absolute atomic E-state index is 11.2.